The van der Waals surface area contributed by atoms with Crippen LogP contribution in [0.25, 0.3) is 6.08 Å². The zero-order valence-electron chi connectivity index (χ0n) is 19.4. The molecular weight excluding hydrogens is 579 g/mol. The topological polar surface area (TPSA) is 66.9 Å². The fraction of sp³-hybridized carbons (Fsp3) is 0.179. The van der Waals surface area contributed by atoms with Gasteiger partial charge in [0.05, 0.1) is 40.2 Å². The molecule has 3 aromatic rings. The third-order valence-electron chi connectivity index (χ3n) is 7.32. The summed E-state index contributed by atoms with van der Waals surface area (Å²) >= 11 is 15.9. The maximum atomic E-state index is 14.1. The predicted molar refractivity (Wildman–Crippen MR) is 145 cm³/mol. The van der Waals surface area contributed by atoms with Crippen LogP contribution in [0.3, 0.4) is 0 Å². The molecule has 0 radical (unpaired) electrons. The summed E-state index contributed by atoms with van der Waals surface area (Å²) in [6, 6.07) is 16.1. The minimum Gasteiger partial charge on any atom is -0.496 e. The minimum atomic E-state index is -0.895. The Bertz CT molecular complexity index is 1520. The van der Waals surface area contributed by atoms with Gasteiger partial charge in [-0.15, -0.1) is 0 Å². The first-order chi connectivity index (χ1) is 17.8. The molecule has 0 spiro atoms. The molecule has 6 rings (SSSR count). The van der Waals surface area contributed by atoms with Gasteiger partial charge in [-0.05, 0) is 69.5 Å². The molecule has 2 fully saturated rings. The number of methoxy groups -OCH3 is 1. The quantitative estimate of drug-likeness (QED) is 0.266. The highest BCUT2D eigenvalue weighted by Crippen LogP contribution is 2.54. The number of rotatable bonds is 4. The summed E-state index contributed by atoms with van der Waals surface area (Å²) in [7, 11) is 1.54. The van der Waals surface area contributed by atoms with Crippen molar-refractivity contribution in [2.24, 2.45) is 11.8 Å². The van der Waals surface area contributed by atoms with E-state index in [1.54, 1.807) is 37.4 Å². The predicted octanol–water partition coefficient (Wildman–Crippen LogP) is 6.16. The number of benzene rings is 3. The van der Waals surface area contributed by atoms with Gasteiger partial charge in [-0.25, -0.2) is 4.90 Å². The van der Waals surface area contributed by atoms with E-state index in [0.717, 1.165) is 16.0 Å². The maximum absolute atomic E-state index is 14.1. The Morgan fingerprint density at radius 1 is 0.973 bits per heavy atom. The first-order valence-electron chi connectivity index (χ1n) is 11.6. The van der Waals surface area contributed by atoms with Crippen LogP contribution in [0.2, 0.25) is 10.0 Å². The Labute approximate surface area is 231 Å². The van der Waals surface area contributed by atoms with Crippen LogP contribution in [-0.4, -0.2) is 35.6 Å². The first-order valence-corrected chi connectivity index (χ1v) is 13.1. The lowest BCUT2D eigenvalue weighted by Crippen LogP contribution is -2.44. The number of anilines is 1. The Morgan fingerprint density at radius 3 is 2.46 bits per heavy atom. The number of fused-ring (bicyclic) bond motifs is 5. The molecular formula is C28H19BrCl2N2O4. The number of halogens is 3. The summed E-state index contributed by atoms with van der Waals surface area (Å²) in [6.07, 6.45) is 3.74. The van der Waals surface area contributed by atoms with Crippen molar-refractivity contribution in [2.75, 3.05) is 12.0 Å². The molecule has 2 saturated heterocycles. The van der Waals surface area contributed by atoms with Crippen molar-refractivity contribution in [3.05, 3.63) is 98.1 Å². The van der Waals surface area contributed by atoms with Crippen molar-refractivity contribution < 1.29 is 19.1 Å². The number of Topliss-reactive ketones (excluding diaryl/α,β-unsaturated/α-hetero) is 1. The highest BCUT2D eigenvalue weighted by atomic mass is 79.9. The van der Waals surface area contributed by atoms with Crippen LogP contribution in [0.5, 0.6) is 5.75 Å². The van der Waals surface area contributed by atoms with E-state index in [9.17, 15) is 14.4 Å². The summed E-state index contributed by atoms with van der Waals surface area (Å²) in [5.41, 5.74) is 2.52. The largest absolute Gasteiger partial charge is 0.496 e. The van der Waals surface area contributed by atoms with Crippen LogP contribution in [0.15, 0.2) is 71.3 Å². The van der Waals surface area contributed by atoms with E-state index in [4.69, 9.17) is 27.9 Å². The molecule has 9 heteroatoms. The number of carbonyl (C=O) groups is 3. The van der Waals surface area contributed by atoms with E-state index in [2.05, 4.69) is 15.9 Å². The van der Waals surface area contributed by atoms with Crippen LogP contribution in [0.1, 0.15) is 27.5 Å². The van der Waals surface area contributed by atoms with Gasteiger partial charge in [0.25, 0.3) is 0 Å². The molecule has 3 heterocycles. The van der Waals surface area contributed by atoms with Crippen LogP contribution < -0.4 is 9.64 Å². The third-order valence-corrected chi connectivity index (χ3v) is 8.47. The molecule has 0 aromatic heterocycles. The first kappa shape index (κ1) is 24.2. The number of ether oxygens (including phenoxy) is 1. The zero-order chi connectivity index (χ0) is 26.0. The van der Waals surface area contributed by atoms with Crippen molar-refractivity contribution >= 4 is 68.5 Å². The average molecular weight is 598 g/mol. The minimum absolute atomic E-state index is 0.192. The SMILES string of the molecule is COc1ccc(C(=O)[C@@H]2[C@@H]3C(=O)N(c4ccc(Cl)cc4Cl)C(=O)[C@@H]3[C@@H]3c4ccccc4C=CN23)cc1Br. The van der Waals surface area contributed by atoms with Crippen molar-refractivity contribution in [3.63, 3.8) is 0 Å². The third kappa shape index (κ3) is 3.63. The van der Waals surface area contributed by atoms with Crippen LogP contribution in [0, 0.1) is 11.8 Å². The number of amides is 2. The van der Waals surface area contributed by atoms with Gasteiger partial charge in [0, 0.05) is 16.8 Å². The lowest BCUT2D eigenvalue weighted by Gasteiger charge is -2.35. The van der Waals surface area contributed by atoms with Gasteiger partial charge in [-0.2, -0.15) is 0 Å². The Balaban J connectivity index is 1.49. The normalized spacial score (nSPS) is 23.7. The van der Waals surface area contributed by atoms with Crippen molar-refractivity contribution in [1.29, 1.82) is 0 Å². The second-order valence-corrected chi connectivity index (χ2v) is 10.9. The molecule has 0 N–H and O–H groups in total. The number of hydrogen-bond donors (Lipinski definition) is 0. The number of nitrogens with zero attached hydrogens (tertiary/aromatic N) is 2. The number of ketones is 1. The molecule has 186 valence electrons. The fourth-order valence-corrected chi connectivity index (χ4v) is 6.78. The Morgan fingerprint density at radius 2 is 1.73 bits per heavy atom. The molecule has 4 atom stereocenters. The van der Waals surface area contributed by atoms with Crippen molar-refractivity contribution in [1.82, 2.24) is 4.90 Å². The molecule has 2 amide bonds. The fourth-order valence-electron chi connectivity index (χ4n) is 5.75. The van der Waals surface area contributed by atoms with Gasteiger partial charge in [0.1, 0.15) is 11.8 Å². The van der Waals surface area contributed by atoms with E-state index in [-0.39, 0.29) is 22.4 Å². The molecule has 6 nitrogen and oxygen atoms in total. The van der Waals surface area contributed by atoms with Gasteiger partial charge < -0.3 is 9.64 Å². The smallest absolute Gasteiger partial charge is 0.240 e. The second kappa shape index (κ2) is 9.01. The van der Waals surface area contributed by atoms with E-state index in [1.807, 2.05) is 41.4 Å². The highest BCUT2D eigenvalue weighted by Gasteiger charge is 2.64. The summed E-state index contributed by atoms with van der Waals surface area (Å²) in [5, 5.41) is 0.584. The molecule has 0 bridgehead atoms. The molecule has 0 unspecified atom stereocenters. The number of imide groups is 1. The summed E-state index contributed by atoms with van der Waals surface area (Å²) in [6.45, 7) is 0. The van der Waals surface area contributed by atoms with Gasteiger partial charge in [-0.1, -0.05) is 47.5 Å². The maximum Gasteiger partial charge on any atom is 0.240 e. The summed E-state index contributed by atoms with van der Waals surface area (Å²) in [4.78, 5) is 45.0. The van der Waals surface area contributed by atoms with Gasteiger partial charge in [-0.3, -0.25) is 14.4 Å². The zero-order valence-corrected chi connectivity index (χ0v) is 22.5. The summed E-state index contributed by atoms with van der Waals surface area (Å²) < 4.78 is 5.93. The lowest BCUT2D eigenvalue weighted by molar-refractivity contribution is -0.123. The van der Waals surface area contributed by atoms with Crippen LogP contribution in [-0.2, 0) is 9.59 Å². The Hall–Kier alpha value is -3.13. The van der Waals surface area contributed by atoms with Gasteiger partial charge in [0.2, 0.25) is 11.8 Å². The highest BCUT2D eigenvalue weighted by molar-refractivity contribution is 9.10. The van der Waals surface area contributed by atoms with E-state index < -0.39 is 29.8 Å². The summed E-state index contributed by atoms with van der Waals surface area (Å²) in [5.74, 6) is -2.17. The van der Waals surface area contributed by atoms with E-state index in [1.165, 1.54) is 6.07 Å². The van der Waals surface area contributed by atoms with Gasteiger partial charge in [0.15, 0.2) is 5.78 Å². The lowest BCUT2D eigenvalue weighted by atomic mass is 9.83. The molecule has 3 aliphatic heterocycles. The monoisotopic (exact) mass is 596 g/mol. The van der Waals surface area contributed by atoms with Crippen LogP contribution >= 0.6 is 39.1 Å². The van der Waals surface area contributed by atoms with Crippen LogP contribution in [0.4, 0.5) is 5.69 Å². The van der Waals surface area contributed by atoms with Gasteiger partial charge >= 0.3 is 0 Å². The molecule has 3 aliphatic rings. The number of carbonyl (C=O) groups excluding carboxylic acids is 3. The Kier molecular flexibility index (Phi) is 5.90. The van der Waals surface area contributed by atoms with Crippen molar-refractivity contribution in [2.45, 2.75) is 12.1 Å². The van der Waals surface area contributed by atoms with Crippen molar-refractivity contribution in [3.8, 4) is 5.75 Å². The molecule has 0 aliphatic carbocycles. The van der Waals surface area contributed by atoms with E-state index >= 15 is 0 Å². The number of hydrogen-bond acceptors (Lipinski definition) is 5. The second-order valence-electron chi connectivity index (χ2n) is 9.15. The molecule has 37 heavy (non-hydrogen) atoms. The standard InChI is InChI=1S/C28H19BrCl2N2O4/c1-37-21-9-6-15(12-18(21)29)26(34)25-23-22(24-17-5-3-2-4-14(17)10-11-32(24)25)27(35)33(28(23)36)20-8-7-16(30)13-19(20)31/h2-13,22-25H,1H3/t22-,23+,24-,25-/m0/s1. The molecule has 3 aromatic carbocycles. The average Bonchev–Trinajstić information content (AvgIpc) is 3.36. The van der Waals surface area contributed by atoms with E-state index in [0.29, 0.717) is 20.8 Å². The molecule has 0 saturated carbocycles.